The van der Waals surface area contributed by atoms with E-state index in [-0.39, 0.29) is 11.9 Å². The van der Waals surface area contributed by atoms with E-state index in [1.165, 1.54) is 6.08 Å². The molecule has 2 unspecified atom stereocenters. The van der Waals surface area contributed by atoms with Crippen LogP contribution >= 0.6 is 11.6 Å². The van der Waals surface area contributed by atoms with Crippen molar-refractivity contribution in [1.29, 1.82) is 0 Å². The van der Waals surface area contributed by atoms with Gasteiger partial charge in [-0.05, 0) is 19.1 Å². The minimum Gasteiger partial charge on any atom is -0.493 e. The van der Waals surface area contributed by atoms with E-state index in [1.54, 1.807) is 26.2 Å². The number of amides is 1. The van der Waals surface area contributed by atoms with Crippen LogP contribution in [0.3, 0.4) is 0 Å². The highest BCUT2D eigenvalue weighted by Crippen LogP contribution is 2.44. The zero-order chi connectivity index (χ0) is 13.1. The molecule has 0 bridgehead atoms. The number of ether oxygens (including phenoxy) is 2. The van der Waals surface area contributed by atoms with Crippen molar-refractivity contribution in [3.63, 3.8) is 0 Å². The Kier molecular flexibility index (Phi) is 3.77. The fourth-order valence-electron chi connectivity index (χ4n) is 1.88. The molecule has 1 aromatic rings. The summed E-state index contributed by atoms with van der Waals surface area (Å²) in [6.07, 6.45) is 3.11. The summed E-state index contributed by atoms with van der Waals surface area (Å²) in [5.74, 6) is 0.999. The molecule has 4 nitrogen and oxygen atoms in total. The summed E-state index contributed by atoms with van der Waals surface area (Å²) >= 11 is 6.10. The number of para-hydroxylation sites is 1. The maximum absolute atomic E-state index is 11.6. The second-order valence-corrected chi connectivity index (χ2v) is 4.26. The number of carbonyl (C=O) groups is 1. The second kappa shape index (κ2) is 5.31. The summed E-state index contributed by atoms with van der Waals surface area (Å²) < 4.78 is 10.7. The van der Waals surface area contributed by atoms with Gasteiger partial charge in [0.15, 0.2) is 17.1 Å². The first kappa shape index (κ1) is 12.8. The van der Waals surface area contributed by atoms with Crippen molar-refractivity contribution in [2.75, 3.05) is 7.11 Å². The van der Waals surface area contributed by atoms with E-state index in [9.17, 15) is 4.79 Å². The van der Waals surface area contributed by atoms with Crippen LogP contribution < -0.4 is 14.8 Å². The lowest BCUT2D eigenvalue weighted by Crippen LogP contribution is -2.31. The zero-order valence-electron chi connectivity index (χ0n) is 10.1. The maximum atomic E-state index is 11.6. The van der Waals surface area contributed by atoms with Crippen LogP contribution in [0, 0.1) is 0 Å². The van der Waals surface area contributed by atoms with Gasteiger partial charge in [0.25, 0.3) is 0 Å². The van der Waals surface area contributed by atoms with Gasteiger partial charge in [0.05, 0.1) is 7.11 Å². The molecule has 1 aromatic carbocycles. The molecule has 5 heteroatoms. The van der Waals surface area contributed by atoms with Gasteiger partial charge in [-0.15, -0.1) is 0 Å². The van der Waals surface area contributed by atoms with E-state index in [0.717, 1.165) is 5.56 Å². The zero-order valence-corrected chi connectivity index (χ0v) is 10.9. The molecule has 0 spiro atoms. The first-order chi connectivity index (χ1) is 8.67. The van der Waals surface area contributed by atoms with Crippen molar-refractivity contribution in [2.45, 2.75) is 18.5 Å². The summed E-state index contributed by atoms with van der Waals surface area (Å²) in [6, 6.07) is 5.12. The Morgan fingerprint density at radius 1 is 1.56 bits per heavy atom. The molecule has 0 aliphatic carbocycles. The third-order valence-electron chi connectivity index (χ3n) is 2.67. The van der Waals surface area contributed by atoms with Crippen molar-refractivity contribution in [3.05, 3.63) is 35.9 Å². The Morgan fingerprint density at radius 3 is 3.00 bits per heavy atom. The van der Waals surface area contributed by atoms with Gasteiger partial charge in [-0.3, -0.25) is 4.79 Å². The molecule has 0 radical (unpaired) electrons. The molecule has 0 saturated heterocycles. The van der Waals surface area contributed by atoms with E-state index >= 15 is 0 Å². The predicted molar refractivity (Wildman–Crippen MR) is 69.0 cm³/mol. The topological polar surface area (TPSA) is 47.6 Å². The Balaban J connectivity index is 2.28. The lowest BCUT2D eigenvalue weighted by Gasteiger charge is -2.13. The van der Waals surface area contributed by atoms with E-state index in [2.05, 4.69) is 5.32 Å². The molecule has 2 atom stereocenters. The van der Waals surface area contributed by atoms with E-state index < -0.39 is 5.56 Å². The van der Waals surface area contributed by atoms with Crippen molar-refractivity contribution >= 4 is 17.5 Å². The smallest absolute Gasteiger partial charge is 0.244 e. The molecule has 1 N–H and O–H groups in total. The summed E-state index contributed by atoms with van der Waals surface area (Å²) in [5, 5.41) is 2.80. The number of carbonyl (C=O) groups excluding carboxylic acids is 1. The number of halogens is 1. The molecule has 0 saturated carbocycles. The predicted octanol–water partition coefficient (Wildman–Crippen LogP) is 2.39. The number of allylic oxidation sites excluding steroid dienone is 1. The van der Waals surface area contributed by atoms with Crippen LogP contribution in [0.1, 0.15) is 18.5 Å². The molecule has 1 aliphatic heterocycles. The average molecular weight is 268 g/mol. The van der Waals surface area contributed by atoms with Crippen LogP contribution in [0.2, 0.25) is 0 Å². The normalized spacial score (nSPS) is 21.5. The van der Waals surface area contributed by atoms with Crippen LogP contribution in [-0.2, 0) is 4.79 Å². The monoisotopic (exact) mass is 267 g/mol. The number of hydrogen-bond donors (Lipinski definition) is 1. The lowest BCUT2D eigenvalue weighted by molar-refractivity contribution is -0.117. The average Bonchev–Trinajstić information content (AvgIpc) is 2.66. The second-order valence-electron chi connectivity index (χ2n) is 3.83. The number of benzene rings is 1. The highest BCUT2D eigenvalue weighted by Gasteiger charge is 2.35. The van der Waals surface area contributed by atoms with Crippen LogP contribution in [0.15, 0.2) is 30.4 Å². The van der Waals surface area contributed by atoms with Crippen LogP contribution in [-0.4, -0.2) is 18.6 Å². The quantitative estimate of drug-likeness (QED) is 0.676. The van der Waals surface area contributed by atoms with Gasteiger partial charge >= 0.3 is 0 Å². The minimum absolute atomic E-state index is 0.201. The molecular formula is C13H14ClNO3. The summed E-state index contributed by atoms with van der Waals surface area (Å²) in [7, 11) is 1.56. The van der Waals surface area contributed by atoms with Crippen molar-refractivity contribution in [2.24, 2.45) is 0 Å². The fourth-order valence-corrected chi connectivity index (χ4v) is 2.17. The molecule has 18 heavy (non-hydrogen) atoms. The van der Waals surface area contributed by atoms with Crippen LogP contribution in [0.25, 0.3) is 0 Å². The fraction of sp³-hybridized carbons (Fsp3) is 0.308. The van der Waals surface area contributed by atoms with Crippen molar-refractivity contribution in [3.8, 4) is 11.5 Å². The Labute approximate surface area is 111 Å². The lowest BCUT2D eigenvalue weighted by atomic mass is 10.1. The summed E-state index contributed by atoms with van der Waals surface area (Å²) in [6.45, 7) is 1.78. The number of fused-ring (bicyclic) bond motifs is 1. The third kappa shape index (κ3) is 2.29. The van der Waals surface area contributed by atoms with Crippen molar-refractivity contribution in [1.82, 2.24) is 5.32 Å². The number of rotatable bonds is 3. The van der Waals surface area contributed by atoms with E-state index in [1.807, 2.05) is 12.1 Å². The molecule has 2 rings (SSSR count). The maximum Gasteiger partial charge on any atom is 0.244 e. The van der Waals surface area contributed by atoms with Crippen LogP contribution in [0.5, 0.6) is 11.5 Å². The molecule has 0 fully saturated rings. The van der Waals surface area contributed by atoms with Gasteiger partial charge < -0.3 is 14.8 Å². The molecule has 1 aliphatic rings. The molecule has 1 amide bonds. The van der Waals surface area contributed by atoms with Gasteiger partial charge in [0, 0.05) is 5.56 Å². The Hall–Kier alpha value is -1.68. The Bertz CT molecular complexity index is 487. The van der Waals surface area contributed by atoms with E-state index in [0.29, 0.717) is 11.5 Å². The molecular weight excluding hydrogens is 254 g/mol. The summed E-state index contributed by atoms with van der Waals surface area (Å²) in [4.78, 5) is 11.6. The molecule has 0 aromatic heterocycles. The van der Waals surface area contributed by atoms with Gasteiger partial charge in [-0.25, -0.2) is 0 Å². The van der Waals surface area contributed by atoms with Gasteiger partial charge in [-0.2, -0.15) is 0 Å². The highest BCUT2D eigenvalue weighted by atomic mass is 35.5. The van der Waals surface area contributed by atoms with Crippen LogP contribution in [0.4, 0.5) is 0 Å². The number of nitrogens with one attached hydrogen (secondary N) is 1. The first-order valence-corrected chi connectivity index (χ1v) is 6.02. The van der Waals surface area contributed by atoms with Gasteiger partial charge in [0.2, 0.25) is 5.91 Å². The SMILES string of the molecule is C/C=C/C(=O)NC1c2cccc(OC)c2OC1Cl. The number of hydrogen-bond acceptors (Lipinski definition) is 3. The number of methoxy groups -OCH3 is 1. The van der Waals surface area contributed by atoms with Crippen molar-refractivity contribution < 1.29 is 14.3 Å². The largest absolute Gasteiger partial charge is 0.493 e. The van der Waals surface area contributed by atoms with Gasteiger partial charge in [-0.1, -0.05) is 29.8 Å². The molecule has 1 heterocycles. The number of alkyl halides is 1. The molecule has 96 valence electrons. The highest BCUT2D eigenvalue weighted by molar-refractivity contribution is 6.21. The van der Waals surface area contributed by atoms with E-state index in [4.69, 9.17) is 21.1 Å². The summed E-state index contributed by atoms with van der Waals surface area (Å²) in [5.41, 5.74) is 0.192. The minimum atomic E-state index is -0.634. The standard InChI is InChI=1S/C13H14ClNO3/c1-3-5-10(16)15-11-8-6-4-7-9(17-2)12(8)18-13(11)14/h3-7,11,13H,1-2H3,(H,15,16)/b5-3+. The third-order valence-corrected chi connectivity index (χ3v) is 3.01. The first-order valence-electron chi connectivity index (χ1n) is 5.58. The van der Waals surface area contributed by atoms with Gasteiger partial charge in [0.1, 0.15) is 6.04 Å². The Morgan fingerprint density at radius 2 is 2.33 bits per heavy atom.